The van der Waals surface area contributed by atoms with Gasteiger partial charge in [-0.1, -0.05) is 13.0 Å². The molecule has 72 valence electrons. The Kier molecular flexibility index (Phi) is 3.49. The van der Waals surface area contributed by atoms with Crippen LogP contribution in [0.4, 0.5) is 0 Å². The molecule has 1 saturated heterocycles. The number of esters is 1. The number of rotatable bonds is 3. The molecule has 0 saturated carbocycles. The van der Waals surface area contributed by atoms with Crippen LogP contribution in [0.5, 0.6) is 0 Å². The monoisotopic (exact) mass is 183 g/mol. The highest BCUT2D eigenvalue weighted by atomic mass is 16.5. The quantitative estimate of drug-likeness (QED) is 0.508. The van der Waals surface area contributed by atoms with E-state index in [0.717, 1.165) is 6.42 Å². The van der Waals surface area contributed by atoms with E-state index in [1.54, 1.807) is 6.08 Å². The lowest BCUT2D eigenvalue weighted by Crippen LogP contribution is -2.36. The molecule has 0 aliphatic carbocycles. The third kappa shape index (κ3) is 2.89. The molecule has 1 amide bonds. The number of carbonyl (C=O) groups is 2. The zero-order valence-corrected chi connectivity index (χ0v) is 7.58. The lowest BCUT2D eigenvalue weighted by atomic mass is 10.2. The maximum Gasteiger partial charge on any atom is 0.328 e. The molecule has 4 nitrogen and oxygen atoms in total. The Morgan fingerprint density at radius 2 is 2.54 bits per heavy atom. The van der Waals surface area contributed by atoms with E-state index in [1.807, 2.05) is 6.92 Å². The number of amides is 1. The van der Waals surface area contributed by atoms with E-state index >= 15 is 0 Å². The molecule has 0 spiro atoms. The van der Waals surface area contributed by atoms with E-state index in [4.69, 9.17) is 4.74 Å². The van der Waals surface area contributed by atoms with Crippen molar-refractivity contribution in [3.8, 4) is 0 Å². The minimum absolute atomic E-state index is 0.231. The summed E-state index contributed by atoms with van der Waals surface area (Å²) < 4.78 is 4.69. The van der Waals surface area contributed by atoms with Crippen LogP contribution in [-0.4, -0.2) is 24.5 Å². The van der Waals surface area contributed by atoms with Gasteiger partial charge in [0.05, 0.1) is 6.61 Å². The maximum absolute atomic E-state index is 11.1. The SMILES string of the molecule is CC/C=C/C(=O)NC1CCOC1=O. The molecule has 0 aromatic heterocycles. The Balaban J connectivity index is 2.35. The van der Waals surface area contributed by atoms with E-state index in [2.05, 4.69) is 5.32 Å². The van der Waals surface area contributed by atoms with Crippen LogP contribution in [0.15, 0.2) is 12.2 Å². The molecule has 1 atom stereocenters. The Morgan fingerprint density at radius 3 is 3.08 bits per heavy atom. The van der Waals surface area contributed by atoms with Gasteiger partial charge in [0, 0.05) is 6.42 Å². The van der Waals surface area contributed by atoms with Crippen LogP contribution in [0.25, 0.3) is 0 Å². The highest BCUT2D eigenvalue weighted by molar-refractivity contribution is 5.91. The molecule has 13 heavy (non-hydrogen) atoms. The Bertz CT molecular complexity index is 235. The molecule has 1 aliphatic rings. The van der Waals surface area contributed by atoms with Gasteiger partial charge in [0.25, 0.3) is 0 Å². The molecule has 0 aromatic rings. The average molecular weight is 183 g/mol. The predicted octanol–water partition coefficient (Wildman–Crippen LogP) is 0.384. The van der Waals surface area contributed by atoms with Gasteiger partial charge in [-0.2, -0.15) is 0 Å². The van der Waals surface area contributed by atoms with Crippen molar-refractivity contribution in [3.05, 3.63) is 12.2 Å². The van der Waals surface area contributed by atoms with Crippen molar-refractivity contribution >= 4 is 11.9 Å². The summed E-state index contributed by atoms with van der Waals surface area (Å²) in [5, 5.41) is 2.56. The van der Waals surface area contributed by atoms with Crippen molar-refractivity contribution in [1.29, 1.82) is 0 Å². The second kappa shape index (κ2) is 4.64. The summed E-state index contributed by atoms with van der Waals surface area (Å²) in [6.07, 6.45) is 4.56. The summed E-state index contributed by atoms with van der Waals surface area (Å²) in [4.78, 5) is 22.0. The molecular formula is C9H13NO3. The number of carbonyl (C=O) groups excluding carboxylic acids is 2. The number of nitrogens with one attached hydrogen (secondary N) is 1. The van der Waals surface area contributed by atoms with Gasteiger partial charge < -0.3 is 10.1 Å². The molecule has 1 unspecified atom stereocenters. The Labute approximate surface area is 76.9 Å². The molecule has 1 fully saturated rings. The third-order valence-electron chi connectivity index (χ3n) is 1.76. The second-order valence-corrected chi connectivity index (χ2v) is 2.83. The van der Waals surface area contributed by atoms with Gasteiger partial charge in [-0.05, 0) is 12.5 Å². The molecule has 0 radical (unpaired) electrons. The van der Waals surface area contributed by atoms with Crippen LogP contribution in [-0.2, 0) is 14.3 Å². The second-order valence-electron chi connectivity index (χ2n) is 2.83. The van der Waals surface area contributed by atoms with Gasteiger partial charge in [-0.3, -0.25) is 4.79 Å². The van der Waals surface area contributed by atoms with Crippen molar-refractivity contribution in [2.45, 2.75) is 25.8 Å². The van der Waals surface area contributed by atoms with Gasteiger partial charge in [-0.25, -0.2) is 4.79 Å². The topological polar surface area (TPSA) is 55.4 Å². The largest absolute Gasteiger partial charge is 0.464 e. The Hall–Kier alpha value is -1.32. The first-order chi connectivity index (χ1) is 6.24. The third-order valence-corrected chi connectivity index (χ3v) is 1.76. The predicted molar refractivity (Wildman–Crippen MR) is 46.9 cm³/mol. The van der Waals surface area contributed by atoms with E-state index in [-0.39, 0.29) is 11.9 Å². The normalized spacial score (nSPS) is 21.9. The van der Waals surface area contributed by atoms with Gasteiger partial charge in [-0.15, -0.1) is 0 Å². The van der Waals surface area contributed by atoms with E-state index in [0.29, 0.717) is 13.0 Å². The zero-order valence-electron chi connectivity index (χ0n) is 7.58. The smallest absolute Gasteiger partial charge is 0.328 e. The fourth-order valence-corrected chi connectivity index (χ4v) is 1.07. The van der Waals surface area contributed by atoms with Gasteiger partial charge in [0.15, 0.2) is 0 Å². The minimum Gasteiger partial charge on any atom is -0.464 e. The summed E-state index contributed by atoms with van der Waals surface area (Å²) in [6.45, 7) is 2.34. The summed E-state index contributed by atoms with van der Waals surface area (Å²) in [7, 11) is 0. The molecule has 1 N–H and O–H groups in total. The van der Waals surface area contributed by atoms with Crippen molar-refractivity contribution in [2.75, 3.05) is 6.61 Å². The van der Waals surface area contributed by atoms with Crippen LogP contribution in [0, 0.1) is 0 Å². The fourth-order valence-electron chi connectivity index (χ4n) is 1.07. The van der Waals surface area contributed by atoms with E-state index in [1.165, 1.54) is 6.08 Å². The summed E-state index contributed by atoms with van der Waals surface area (Å²) in [5.74, 6) is -0.566. The van der Waals surface area contributed by atoms with Crippen LogP contribution >= 0.6 is 0 Å². The minimum atomic E-state index is -0.450. The van der Waals surface area contributed by atoms with Crippen LogP contribution < -0.4 is 5.32 Å². The van der Waals surface area contributed by atoms with Crippen LogP contribution in [0.1, 0.15) is 19.8 Å². The molecule has 1 heterocycles. The van der Waals surface area contributed by atoms with Crippen molar-refractivity contribution < 1.29 is 14.3 Å². The van der Waals surface area contributed by atoms with Gasteiger partial charge in [0.2, 0.25) is 5.91 Å². The Morgan fingerprint density at radius 1 is 1.77 bits per heavy atom. The molecule has 1 aliphatic heterocycles. The fraction of sp³-hybridized carbons (Fsp3) is 0.556. The first-order valence-corrected chi connectivity index (χ1v) is 4.37. The maximum atomic E-state index is 11.1. The van der Waals surface area contributed by atoms with Crippen molar-refractivity contribution in [2.24, 2.45) is 0 Å². The first kappa shape index (κ1) is 9.77. The molecule has 0 aromatic carbocycles. The van der Waals surface area contributed by atoms with E-state index in [9.17, 15) is 9.59 Å². The van der Waals surface area contributed by atoms with Crippen molar-refractivity contribution in [3.63, 3.8) is 0 Å². The number of hydrogen-bond donors (Lipinski definition) is 1. The van der Waals surface area contributed by atoms with Crippen LogP contribution in [0.2, 0.25) is 0 Å². The van der Waals surface area contributed by atoms with Crippen LogP contribution in [0.3, 0.4) is 0 Å². The summed E-state index contributed by atoms with van der Waals surface area (Å²) in [5.41, 5.74) is 0. The standard InChI is InChI=1S/C9H13NO3/c1-2-3-4-8(11)10-7-5-6-13-9(7)12/h3-4,7H,2,5-6H2,1H3,(H,10,11)/b4-3+. The van der Waals surface area contributed by atoms with E-state index < -0.39 is 6.04 Å². The van der Waals surface area contributed by atoms with Crippen molar-refractivity contribution in [1.82, 2.24) is 5.32 Å². The summed E-state index contributed by atoms with van der Waals surface area (Å²) >= 11 is 0. The van der Waals surface area contributed by atoms with Gasteiger partial charge >= 0.3 is 5.97 Å². The summed E-state index contributed by atoms with van der Waals surface area (Å²) in [6, 6.07) is -0.450. The molecule has 1 rings (SSSR count). The number of allylic oxidation sites excluding steroid dienone is 1. The number of cyclic esters (lactones) is 1. The lowest BCUT2D eigenvalue weighted by molar-refractivity contribution is -0.140. The average Bonchev–Trinajstić information content (AvgIpc) is 2.48. The first-order valence-electron chi connectivity index (χ1n) is 4.37. The lowest BCUT2D eigenvalue weighted by Gasteiger charge is -2.05. The number of ether oxygens (including phenoxy) is 1. The van der Waals surface area contributed by atoms with Gasteiger partial charge in [0.1, 0.15) is 6.04 Å². The zero-order chi connectivity index (χ0) is 9.68. The molecule has 4 heteroatoms. The highest BCUT2D eigenvalue weighted by Crippen LogP contribution is 2.05. The highest BCUT2D eigenvalue weighted by Gasteiger charge is 2.26. The molecular weight excluding hydrogens is 170 g/mol. The number of hydrogen-bond acceptors (Lipinski definition) is 3. The molecule has 0 bridgehead atoms.